The summed E-state index contributed by atoms with van der Waals surface area (Å²) in [5.74, 6) is 0.504. The highest BCUT2D eigenvalue weighted by atomic mass is 32.2. The Morgan fingerprint density at radius 1 is 1.21 bits per heavy atom. The Kier molecular flexibility index (Phi) is 5.32. The summed E-state index contributed by atoms with van der Waals surface area (Å²) in [6, 6.07) is 4.95. The van der Waals surface area contributed by atoms with Gasteiger partial charge in [0.1, 0.15) is 9.84 Å². The standard InChI is InChI=1S/C12H15F3O2S2/c1-9(18-7-8-19(2,16)17)10-3-5-11(6-4-10)12(13,14)15/h3-6,9H,7-8H2,1-2H3/t9-/m0/s1. The Morgan fingerprint density at radius 3 is 2.16 bits per heavy atom. The molecule has 1 atom stereocenters. The molecule has 0 radical (unpaired) electrons. The van der Waals surface area contributed by atoms with Crippen LogP contribution in [-0.4, -0.2) is 26.2 Å². The van der Waals surface area contributed by atoms with Crippen LogP contribution in [0.3, 0.4) is 0 Å². The van der Waals surface area contributed by atoms with Gasteiger partial charge in [0.15, 0.2) is 0 Å². The molecule has 0 bridgehead atoms. The third kappa shape index (κ3) is 5.86. The predicted octanol–water partition coefficient (Wildman–Crippen LogP) is 3.54. The molecule has 1 aromatic carbocycles. The summed E-state index contributed by atoms with van der Waals surface area (Å²) in [6.07, 6.45) is -3.17. The van der Waals surface area contributed by atoms with E-state index in [2.05, 4.69) is 0 Å². The van der Waals surface area contributed by atoms with Gasteiger partial charge in [-0.25, -0.2) is 8.42 Å². The lowest BCUT2D eigenvalue weighted by atomic mass is 10.1. The molecule has 0 N–H and O–H groups in total. The van der Waals surface area contributed by atoms with Gasteiger partial charge >= 0.3 is 6.18 Å². The minimum Gasteiger partial charge on any atom is -0.229 e. The van der Waals surface area contributed by atoms with Gasteiger partial charge in [-0.15, -0.1) is 0 Å². The van der Waals surface area contributed by atoms with E-state index < -0.39 is 21.6 Å². The van der Waals surface area contributed by atoms with Crippen molar-refractivity contribution in [3.05, 3.63) is 35.4 Å². The van der Waals surface area contributed by atoms with Crippen molar-refractivity contribution < 1.29 is 21.6 Å². The fourth-order valence-electron chi connectivity index (χ4n) is 1.42. The maximum Gasteiger partial charge on any atom is 0.416 e. The molecule has 0 aliphatic heterocycles. The molecule has 0 amide bonds. The minimum atomic E-state index is -4.33. The molecular formula is C12H15F3O2S2. The zero-order valence-corrected chi connectivity index (χ0v) is 12.2. The molecule has 0 unspecified atom stereocenters. The van der Waals surface area contributed by atoms with Gasteiger partial charge in [0.05, 0.1) is 11.3 Å². The van der Waals surface area contributed by atoms with Crippen LogP contribution in [0.2, 0.25) is 0 Å². The van der Waals surface area contributed by atoms with Crippen molar-refractivity contribution in [3.8, 4) is 0 Å². The molecule has 0 saturated carbocycles. The Morgan fingerprint density at radius 2 is 1.74 bits per heavy atom. The van der Waals surface area contributed by atoms with E-state index in [1.54, 1.807) is 0 Å². The third-order valence-corrected chi connectivity index (χ3v) is 4.95. The molecule has 0 heterocycles. The van der Waals surface area contributed by atoms with E-state index in [1.807, 2.05) is 6.92 Å². The fraction of sp³-hybridized carbons (Fsp3) is 0.500. The van der Waals surface area contributed by atoms with E-state index in [0.29, 0.717) is 5.75 Å². The van der Waals surface area contributed by atoms with Gasteiger partial charge in [-0.1, -0.05) is 12.1 Å². The number of alkyl halides is 3. The Bertz CT molecular complexity index is 507. The second-order valence-electron chi connectivity index (χ2n) is 4.26. The zero-order valence-electron chi connectivity index (χ0n) is 10.6. The van der Waals surface area contributed by atoms with E-state index in [0.717, 1.165) is 24.0 Å². The second kappa shape index (κ2) is 6.17. The van der Waals surface area contributed by atoms with Gasteiger partial charge in [-0.3, -0.25) is 0 Å². The van der Waals surface area contributed by atoms with E-state index in [9.17, 15) is 21.6 Å². The van der Waals surface area contributed by atoms with Crippen molar-refractivity contribution in [2.24, 2.45) is 0 Å². The van der Waals surface area contributed by atoms with Crippen LogP contribution >= 0.6 is 11.8 Å². The highest BCUT2D eigenvalue weighted by Crippen LogP contribution is 2.32. The van der Waals surface area contributed by atoms with Gasteiger partial charge in [0.25, 0.3) is 0 Å². The molecule has 1 aromatic rings. The average Bonchev–Trinajstić information content (AvgIpc) is 2.26. The van der Waals surface area contributed by atoms with Crippen molar-refractivity contribution in [3.63, 3.8) is 0 Å². The van der Waals surface area contributed by atoms with Crippen LogP contribution in [0.5, 0.6) is 0 Å². The summed E-state index contributed by atoms with van der Waals surface area (Å²) >= 11 is 1.41. The SMILES string of the molecule is C[C@H](SCCS(C)(=O)=O)c1ccc(C(F)(F)F)cc1. The molecule has 0 spiro atoms. The number of thioether (sulfide) groups is 1. The Hall–Kier alpha value is -0.690. The molecular weight excluding hydrogens is 297 g/mol. The summed E-state index contributed by atoms with van der Waals surface area (Å²) in [5, 5.41) is -0.0379. The van der Waals surface area contributed by atoms with Crippen LogP contribution in [0.25, 0.3) is 0 Å². The Labute approximate surface area is 115 Å². The first kappa shape index (κ1) is 16.4. The first-order valence-electron chi connectivity index (χ1n) is 5.56. The maximum absolute atomic E-state index is 12.4. The van der Waals surface area contributed by atoms with Gasteiger partial charge in [0.2, 0.25) is 0 Å². The van der Waals surface area contributed by atoms with Crippen molar-refractivity contribution in [1.82, 2.24) is 0 Å². The van der Waals surface area contributed by atoms with Crippen LogP contribution < -0.4 is 0 Å². The van der Waals surface area contributed by atoms with Crippen LogP contribution in [0.4, 0.5) is 13.2 Å². The van der Waals surface area contributed by atoms with Crippen LogP contribution in [0.15, 0.2) is 24.3 Å². The molecule has 0 aliphatic carbocycles. The maximum atomic E-state index is 12.4. The number of sulfone groups is 1. The molecule has 0 saturated heterocycles. The van der Waals surface area contributed by atoms with Crippen molar-refractivity contribution in [2.75, 3.05) is 17.8 Å². The summed E-state index contributed by atoms with van der Waals surface area (Å²) < 4.78 is 59.1. The van der Waals surface area contributed by atoms with E-state index in [1.165, 1.54) is 23.9 Å². The van der Waals surface area contributed by atoms with Crippen molar-refractivity contribution >= 4 is 21.6 Å². The third-order valence-electron chi connectivity index (χ3n) is 2.53. The monoisotopic (exact) mass is 312 g/mol. The van der Waals surface area contributed by atoms with E-state index >= 15 is 0 Å². The number of hydrogen-bond acceptors (Lipinski definition) is 3. The van der Waals surface area contributed by atoms with Crippen molar-refractivity contribution in [2.45, 2.75) is 18.3 Å². The lowest BCUT2D eigenvalue weighted by Crippen LogP contribution is -2.07. The summed E-state index contributed by atoms with van der Waals surface area (Å²) in [5.41, 5.74) is 0.0797. The van der Waals surface area contributed by atoms with Crippen LogP contribution in [-0.2, 0) is 16.0 Å². The average molecular weight is 312 g/mol. The lowest BCUT2D eigenvalue weighted by molar-refractivity contribution is -0.137. The van der Waals surface area contributed by atoms with Gasteiger partial charge in [-0.2, -0.15) is 24.9 Å². The summed E-state index contributed by atoms with van der Waals surface area (Å²) in [4.78, 5) is 0. The molecule has 108 valence electrons. The number of benzene rings is 1. The first-order valence-corrected chi connectivity index (χ1v) is 8.67. The first-order chi connectivity index (χ1) is 8.59. The van der Waals surface area contributed by atoms with E-state index in [-0.39, 0.29) is 11.0 Å². The Balaban J connectivity index is 2.61. The van der Waals surface area contributed by atoms with E-state index in [4.69, 9.17) is 0 Å². The normalized spacial score (nSPS) is 14.4. The lowest BCUT2D eigenvalue weighted by Gasteiger charge is -2.13. The largest absolute Gasteiger partial charge is 0.416 e. The molecule has 19 heavy (non-hydrogen) atoms. The predicted molar refractivity (Wildman–Crippen MR) is 72.0 cm³/mol. The van der Waals surface area contributed by atoms with Crippen LogP contribution in [0.1, 0.15) is 23.3 Å². The number of rotatable bonds is 5. The van der Waals surface area contributed by atoms with Crippen LogP contribution in [0, 0.1) is 0 Å². The second-order valence-corrected chi connectivity index (χ2v) is 7.97. The minimum absolute atomic E-state index is 0.0379. The molecule has 0 fully saturated rings. The topological polar surface area (TPSA) is 34.1 Å². The molecule has 2 nitrogen and oxygen atoms in total. The quantitative estimate of drug-likeness (QED) is 0.834. The van der Waals surface area contributed by atoms with Gasteiger partial charge < -0.3 is 0 Å². The molecule has 1 rings (SSSR count). The number of halogens is 3. The summed E-state index contributed by atoms with van der Waals surface area (Å²) in [7, 11) is -3.00. The van der Waals surface area contributed by atoms with Gasteiger partial charge in [-0.05, 0) is 24.6 Å². The zero-order chi connectivity index (χ0) is 14.7. The van der Waals surface area contributed by atoms with Gasteiger partial charge in [0, 0.05) is 17.3 Å². The highest BCUT2D eigenvalue weighted by molar-refractivity contribution is 8.00. The van der Waals surface area contributed by atoms with Crippen molar-refractivity contribution in [1.29, 1.82) is 0 Å². The smallest absolute Gasteiger partial charge is 0.229 e. The fourth-order valence-corrected chi connectivity index (χ4v) is 3.71. The molecule has 0 aromatic heterocycles. The molecule has 7 heteroatoms. The summed E-state index contributed by atoms with van der Waals surface area (Å²) in [6.45, 7) is 1.84. The molecule has 0 aliphatic rings. The number of hydrogen-bond donors (Lipinski definition) is 0. The highest BCUT2D eigenvalue weighted by Gasteiger charge is 2.30.